The highest BCUT2D eigenvalue weighted by Crippen LogP contribution is 2.27. The van der Waals surface area contributed by atoms with Crippen LogP contribution in [0.4, 0.5) is 0 Å². The number of benzene rings is 1. The molecule has 0 N–H and O–H groups in total. The molecule has 0 amide bonds. The fourth-order valence-electron chi connectivity index (χ4n) is 2.60. The summed E-state index contributed by atoms with van der Waals surface area (Å²) in [7, 11) is 1.63. The van der Waals surface area contributed by atoms with Crippen LogP contribution in [-0.2, 0) is 17.9 Å². The third-order valence-electron chi connectivity index (χ3n) is 3.96. The van der Waals surface area contributed by atoms with Crippen LogP contribution < -0.4 is 4.74 Å². The topological polar surface area (TPSA) is 79.4 Å². The summed E-state index contributed by atoms with van der Waals surface area (Å²) in [6, 6.07) is 12.8. The lowest BCUT2D eigenvalue weighted by atomic mass is 10.2. The molecule has 0 bridgehead atoms. The van der Waals surface area contributed by atoms with Crippen molar-refractivity contribution in [3.05, 3.63) is 77.5 Å². The first-order chi connectivity index (χ1) is 13.7. The fraction of sp³-hybridized carbons (Fsp3) is 0.150. The predicted octanol–water partition coefficient (Wildman–Crippen LogP) is 4.01. The molecule has 0 spiro atoms. The second-order valence-electron chi connectivity index (χ2n) is 5.92. The Kier molecular flexibility index (Phi) is 5.20. The van der Waals surface area contributed by atoms with E-state index in [0.717, 1.165) is 16.3 Å². The van der Waals surface area contributed by atoms with Gasteiger partial charge in [0, 0.05) is 23.3 Å². The van der Waals surface area contributed by atoms with Gasteiger partial charge in [-0.15, -0.1) is 11.3 Å². The van der Waals surface area contributed by atoms with E-state index in [-0.39, 0.29) is 12.4 Å². The highest BCUT2D eigenvalue weighted by Gasteiger charge is 2.14. The lowest BCUT2D eigenvalue weighted by Crippen LogP contribution is -2.04. The van der Waals surface area contributed by atoms with Gasteiger partial charge in [0.15, 0.2) is 0 Å². The summed E-state index contributed by atoms with van der Waals surface area (Å²) in [6.45, 7) is 0.532. The second-order valence-corrected chi connectivity index (χ2v) is 6.78. The van der Waals surface area contributed by atoms with Crippen LogP contribution in [0.25, 0.3) is 10.6 Å². The number of nitrogens with zero attached hydrogens (tertiary/aromatic N) is 3. The molecule has 0 atom stereocenters. The number of thiazole rings is 1. The van der Waals surface area contributed by atoms with Crippen molar-refractivity contribution < 1.29 is 18.7 Å². The third kappa shape index (κ3) is 4.12. The second kappa shape index (κ2) is 8.10. The first-order valence-electron chi connectivity index (χ1n) is 8.53. The molecular weight excluding hydrogens is 378 g/mol. The summed E-state index contributed by atoms with van der Waals surface area (Å²) in [5.74, 6) is 1.03. The number of carbonyl (C=O) groups excluding carboxylic acids is 1. The van der Waals surface area contributed by atoms with Crippen LogP contribution in [0.2, 0.25) is 0 Å². The molecular formula is C20H17N3O4S. The van der Waals surface area contributed by atoms with Crippen molar-refractivity contribution in [2.45, 2.75) is 13.2 Å². The Balaban J connectivity index is 1.36. The Hall–Kier alpha value is -3.39. The lowest BCUT2D eigenvalue weighted by molar-refractivity contribution is 0.0429. The maximum Gasteiger partial charge on any atom is 0.374 e. The third-order valence-corrected chi connectivity index (χ3v) is 4.90. The molecule has 1 aromatic carbocycles. The number of hydrogen-bond donors (Lipinski definition) is 0. The van der Waals surface area contributed by atoms with Crippen molar-refractivity contribution in [2.75, 3.05) is 7.11 Å². The molecule has 4 rings (SSSR count). The van der Waals surface area contributed by atoms with Gasteiger partial charge >= 0.3 is 5.97 Å². The summed E-state index contributed by atoms with van der Waals surface area (Å²) in [4.78, 5) is 16.7. The number of rotatable bonds is 7. The Morgan fingerprint density at radius 1 is 1.25 bits per heavy atom. The molecule has 7 nitrogen and oxygen atoms in total. The largest absolute Gasteiger partial charge is 0.497 e. The van der Waals surface area contributed by atoms with Crippen LogP contribution in [0.3, 0.4) is 0 Å². The van der Waals surface area contributed by atoms with Gasteiger partial charge in [0.1, 0.15) is 23.1 Å². The molecule has 4 aromatic rings. The van der Waals surface area contributed by atoms with Gasteiger partial charge in [-0.25, -0.2) is 9.78 Å². The van der Waals surface area contributed by atoms with Crippen molar-refractivity contribution in [1.82, 2.24) is 14.8 Å². The van der Waals surface area contributed by atoms with Crippen molar-refractivity contribution >= 4 is 17.3 Å². The zero-order valence-corrected chi connectivity index (χ0v) is 15.9. The van der Waals surface area contributed by atoms with Crippen LogP contribution in [0.15, 0.2) is 64.7 Å². The smallest absolute Gasteiger partial charge is 0.374 e. The van der Waals surface area contributed by atoms with Crippen LogP contribution in [-0.4, -0.2) is 27.8 Å². The molecule has 3 heterocycles. The Morgan fingerprint density at radius 2 is 2.18 bits per heavy atom. The summed E-state index contributed by atoms with van der Waals surface area (Å²) in [5.41, 5.74) is 1.63. The summed E-state index contributed by atoms with van der Waals surface area (Å²) in [6.07, 6.45) is 3.51. The number of furan rings is 1. The van der Waals surface area contributed by atoms with Gasteiger partial charge in [-0.2, -0.15) is 5.10 Å². The minimum atomic E-state index is -0.525. The molecule has 28 heavy (non-hydrogen) atoms. The maximum absolute atomic E-state index is 12.2. The predicted molar refractivity (Wildman–Crippen MR) is 103 cm³/mol. The minimum absolute atomic E-state index is 0.0779. The molecule has 142 valence electrons. The molecule has 0 fully saturated rings. The van der Waals surface area contributed by atoms with Crippen LogP contribution in [0.5, 0.6) is 5.75 Å². The van der Waals surface area contributed by atoms with Gasteiger partial charge in [-0.1, -0.05) is 12.1 Å². The van der Waals surface area contributed by atoms with Gasteiger partial charge in [0.2, 0.25) is 5.76 Å². The Bertz CT molecular complexity index is 1070. The number of methoxy groups -OCH3 is 1. The Labute approximate surface area is 165 Å². The molecule has 0 radical (unpaired) electrons. The van der Waals surface area contributed by atoms with E-state index in [1.165, 1.54) is 11.3 Å². The zero-order chi connectivity index (χ0) is 19.3. The lowest BCUT2D eigenvalue weighted by Gasteiger charge is -2.02. The quantitative estimate of drug-likeness (QED) is 0.440. The average Bonchev–Trinajstić information content (AvgIpc) is 3.48. The highest BCUT2D eigenvalue weighted by molar-refractivity contribution is 7.13. The summed E-state index contributed by atoms with van der Waals surface area (Å²) >= 11 is 1.48. The van der Waals surface area contributed by atoms with Gasteiger partial charge in [0.05, 0.1) is 19.3 Å². The molecule has 0 aliphatic heterocycles. The SMILES string of the molecule is COc1cccc(-c2nc(COC(=O)c3ccc(Cn4cccn4)o3)cs2)c1. The average molecular weight is 395 g/mol. The maximum atomic E-state index is 12.2. The van der Waals surface area contributed by atoms with E-state index in [1.807, 2.05) is 41.9 Å². The normalized spacial score (nSPS) is 10.8. The number of esters is 1. The van der Waals surface area contributed by atoms with E-state index in [1.54, 1.807) is 30.1 Å². The van der Waals surface area contributed by atoms with Gasteiger partial charge < -0.3 is 13.9 Å². The number of hydrogen-bond acceptors (Lipinski definition) is 7. The standard InChI is InChI=1S/C20H17N3O4S/c1-25-16-5-2-4-14(10-16)19-22-15(13-28-19)12-26-20(24)18-7-6-17(27-18)11-23-9-3-8-21-23/h2-10,13H,11-12H2,1H3. The van der Waals surface area contributed by atoms with Gasteiger partial charge in [-0.05, 0) is 30.3 Å². The summed E-state index contributed by atoms with van der Waals surface area (Å²) < 4.78 is 17.8. The van der Waals surface area contributed by atoms with Crippen molar-refractivity contribution in [3.63, 3.8) is 0 Å². The van der Waals surface area contributed by atoms with E-state index in [0.29, 0.717) is 18.0 Å². The first-order valence-corrected chi connectivity index (χ1v) is 9.41. The van der Waals surface area contributed by atoms with E-state index in [9.17, 15) is 4.79 Å². The Morgan fingerprint density at radius 3 is 3.00 bits per heavy atom. The van der Waals surface area contributed by atoms with Crippen LogP contribution in [0.1, 0.15) is 22.0 Å². The summed E-state index contributed by atoms with van der Waals surface area (Å²) in [5, 5.41) is 6.81. The fourth-order valence-corrected chi connectivity index (χ4v) is 3.40. The van der Waals surface area contributed by atoms with E-state index in [4.69, 9.17) is 13.9 Å². The number of carbonyl (C=O) groups is 1. The van der Waals surface area contributed by atoms with Gasteiger partial charge in [-0.3, -0.25) is 4.68 Å². The van der Waals surface area contributed by atoms with Crippen molar-refractivity contribution in [3.8, 4) is 16.3 Å². The number of ether oxygens (including phenoxy) is 2. The van der Waals surface area contributed by atoms with Crippen LogP contribution in [0, 0.1) is 0 Å². The van der Waals surface area contributed by atoms with Crippen molar-refractivity contribution in [1.29, 1.82) is 0 Å². The molecule has 0 unspecified atom stereocenters. The monoisotopic (exact) mass is 395 g/mol. The highest BCUT2D eigenvalue weighted by atomic mass is 32.1. The van der Waals surface area contributed by atoms with Gasteiger partial charge in [0.25, 0.3) is 0 Å². The van der Waals surface area contributed by atoms with E-state index < -0.39 is 5.97 Å². The molecule has 3 aromatic heterocycles. The number of aromatic nitrogens is 3. The minimum Gasteiger partial charge on any atom is -0.497 e. The van der Waals surface area contributed by atoms with Crippen molar-refractivity contribution in [2.24, 2.45) is 0 Å². The molecule has 0 saturated heterocycles. The van der Waals surface area contributed by atoms with E-state index >= 15 is 0 Å². The van der Waals surface area contributed by atoms with Crippen LogP contribution >= 0.6 is 11.3 Å². The molecule has 0 saturated carbocycles. The molecule has 8 heteroatoms. The molecule has 0 aliphatic carbocycles. The first kappa shape index (κ1) is 18.0. The van der Waals surface area contributed by atoms with E-state index in [2.05, 4.69) is 10.1 Å². The molecule has 0 aliphatic rings. The zero-order valence-electron chi connectivity index (χ0n) is 15.1.